The van der Waals surface area contributed by atoms with Gasteiger partial charge in [0.1, 0.15) is 0 Å². The van der Waals surface area contributed by atoms with Crippen LogP contribution in [0.15, 0.2) is 0 Å². The molecular weight excluding hydrogens is 182 g/mol. The molecule has 0 aromatic carbocycles. The molecule has 2 aliphatic carbocycles. The first kappa shape index (κ1) is 13.0. The van der Waals surface area contributed by atoms with Crippen LogP contribution in [0, 0.1) is 11.3 Å². The Balaban J connectivity index is 0.000000531. The molecule has 2 unspecified atom stereocenters. The van der Waals surface area contributed by atoms with Gasteiger partial charge in [0, 0.05) is 6.04 Å². The minimum absolute atomic E-state index is 0.764. The van der Waals surface area contributed by atoms with E-state index in [-0.39, 0.29) is 0 Å². The highest BCUT2D eigenvalue weighted by Gasteiger charge is 2.40. The van der Waals surface area contributed by atoms with Crippen molar-refractivity contribution in [2.45, 2.75) is 71.8 Å². The van der Waals surface area contributed by atoms with Crippen molar-refractivity contribution in [1.29, 1.82) is 0 Å². The van der Waals surface area contributed by atoms with Crippen LogP contribution in [0.5, 0.6) is 0 Å². The zero-order valence-corrected chi connectivity index (χ0v) is 11.1. The van der Waals surface area contributed by atoms with Crippen LogP contribution >= 0.6 is 0 Å². The Morgan fingerprint density at radius 2 is 1.67 bits per heavy atom. The summed E-state index contributed by atoms with van der Waals surface area (Å²) in [5.41, 5.74) is 0.764. The number of rotatable bonds is 1. The smallest absolute Gasteiger partial charge is 0.00949 e. The summed E-state index contributed by atoms with van der Waals surface area (Å²) in [4.78, 5) is 0. The summed E-state index contributed by atoms with van der Waals surface area (Å²) >= 11 is 0. The maximum absolute atomic E-state index is 3.50. The minimum Gasteiger partial charge on any atom is -0.317 e. The molecule has 0 bridgehead atoms. The second-order valence-electron chi connectivity index (χ2n) is 5.32. The van der Waals surface area contributed by atoms with E-state index in [1.165, 1.54) is 44.9 Å². The molecule has 0 aliphatic heterocycles. The van der Waals surface area contributed by atoms with Gasteiger partial charge in [-0.1, -0.05) is 33.6 Å². The van der Waals surface area contributed by atoms with Gasteiger partial charge in [-0.2, -0.15) is 0 Å². The first-order chi connectivity index (χ1) is 7.26. The van der Waals surface area contributed by atoms with Crippen molar-refractivity contribution >= 4 is 0 Å². The first-order valence-electron chi connectivity index (χ1n) is 6.93. The van der Waals surface area contributed by atoms with E-state index in [9.17, 15) is 0 Å². The zero-order chi connectivity index (χ0) is 11.3. The summed E-state index contributed by atoms with van der Waals surface area (Å²) in [6, 6.07) is 0.798. The lowest BCUT2D eigenvalue weighted by molar-refractivity contribution is 0.125. The highest BCUT2D eigenvalue weighted by Crippen LogP contribution is 2.50. The van der Waals surface area contributed by atoms with E-state index in [1.54, 1.807) is 0 Å². The summed E-state index contributed by atoms with van der Waals surface area (Å²) in [6.45, 7) is 6.41. The summed E-state index contributed by atoms with van der Waals surface area (Å²) < 4.78 is 0. The van der Waals surface area contributed by atoms with Crippen molar-refractivity contribution in [3.05, 3.63) is 0 Å². The van der Waals surface area contributed by atoms with E-state index in [4.69, 9.17) is 0 Å². The Hall–Kier alpha value is -0.0400. The van der Waals surface area contributed by atoms with Gasteiger partial charge in [-0.25, -0.2) is 0 Å². The van der Waals surface area contributed by atoms with Crippen LogP contribution in [0.3, 0.4) is 0 Å². The van der Waals surface area contributed by atoms with E-state index in [0.29, 0.717) is 0 Å². The predicted molar refractivity (Wildman–Crippen MR) is 68.1 cm³/mol. The maximum atomic E-state index is 3.50. The second-order valence-corrected chi connectivity index (χ2v) is 5.32. The molecule has 2 atom stereocenters. The Morgan fingerprint density at radius 1 is 1.07 bits per heavy atom. The monoisotopic (exact) mass is 211 g/mol. The summed E-state index contributed by atoms with van der Waals surface area (Å²) in [5.74, 6) is 0.899. The lowest BCUT2D eigenvalue weighted by atomic mass is 9.67. The molecule has 0 amide bonds. The molecule has 1 heteroatoms. The van der Waals surface area contributed by atoms with Gasteiger partial charge in [0.15, 0.2) is 0 Å². The summed E-state index contributed by atoms with van der Waals surface area (Å²) in [6.07, 6.45) is 10.4. The average molecular weight is 211 g/mol. The fourth-order valence-electron chi connectivity index (χ4n) is 3.47. The van der Waals surface area contributed by atoms with Gasteiger partial charge in [0.25, 0.3) is 0 Å². The molecule has 1 nitrogen and oxygen atoms in total. The molecule has 2 saturated carbocycles. The van der Waals surface area contributed by atoms with Crippen molar-refractivity contribution in [3.63, 3.8) is 0 Å². The molecule has 0 aromatic rings. The molecule has 0 heterocycles. The van der Waals surface area contributed by atoms with Crippen molar-refractivity contribution in [2.24, 2.45) is 11.3 Å². The Kier molecular flexibility index (Phi) is 5.11. The Bertz CT molecular complexity index is 170. The predicted octanol–water partition coefficient (Wildman–Crippen LogP) is 3.98. The SMILES string of the molecule is CC.CNC1CC2(CCCC2)CCC1C. The van der Waals surface area contributed by atoms with Gasteiger partial charge in [0.2, 0.25) is 0 Å². The van der Waals surface area contributed by atoms with E-state index < -0.39 is 0 Å². The van der Waals surface area contributed by atoms with Gasteiger partial charge in [-0.15, -0.1) is 0 Å². The maximum Gasteiger partial charge on any atom is 0.00949 e. The van der Waals surface area contributed by atoms with Gasteiger partial charge in [0.05, 0.1) is 0 Å². The van der Waals surface area contributed by atoms with E-state index in [1.807, 2.05) is 13.8 Å². The minimum atomic E-state index is 0.764. The van der Waals surface area contributed by atoms with E-state index in [0.717, 1.165) is 17.4 Å². The quantitative estimate of drug-likeness (QED) is 0.692. The van der Waals surface area contributed by atoms with Crippen molar-refractivity contribution in [3.8, 4) is 0 Å². The van der Waals surface area contributed by atoms with Crippen LogP contribution in [0.4, 0.5) is 0 Å². The van der Waals surface area contributed by atoms with Crippen molar-refractivity contribution in [1.82, 2.24) is 5.32 Å². The molecule has 1 N–H and O–H groups in total. The largest absolute Gasteiger partial charge is 0.317 e. The lowest BCUT2D eigenvalue weighted by Crippen LogP contribution is -2.41. The van der Waals surface area contributed by atoms with Gasteiger partial charge < -0.3 is 5.32 Å². The summed E-state index contributed by atoms with van der Waals surface area (Å²) in [5, 5.41) is 3.50. The molecule has 0 radical (unpaired) electrons. The molecule has 1 spiro atoms. The number of nitrogens with one attached hydrogen (secondary N) is 1. The Morgan fingerprint density at radius 3 is 2.20 bits per heavy atom. The van der Waals surface area contributed by atoms with Crippen LogP contribution in [-0.2, 0) is 0 Å². The second kappa shape index (κ2) is 5.89. The van der Waals surface area contributed by atoms with Crippen molar-refractivity contribution < 1.29 is 0 Å². The molecule has 0 saturated heterocycles. The fourth-order valence-corrected chi connectivity index (χ4v) is 3.47. The van der Waals surface area contributed by atoms with Gasteiger partial charge in [-0.05, 0) is 50.5 Å². The Labute approximate surface area is 96.0 Å². The van der Waals surface area contributed by atoms with E-state index >= 15 is 0 Å². The third kappa shape index (κ3) is 2.96. The van der Waals surface area contributed by atoms with E-state index in [2.05, 4.69) is 19.3 Å². The normalized spacial score (nSPS) is 33.6. The van der Waals surface area contributed by atoms with Crippen LogP contribution in [0.2, 0.25) is 0 Å². The number of hydrogen-bond acceptors (Lipinski definition) is 1. The first-order valence-corrected chi connectivity index (χ1v) is 6.93. The molecule has 2 fully saturated rings. The van der Waals surface area contributed by atoms with Gasteiger partial charge >= 0.3 is 0 Å². The lowest BCUT2D eigenvalue weighted by Gasteiger charge is -2.41. The van der Waals surface area contributed by atoms with Crippen LogP contribution in [0.25, 0.3) is 0 Å². The molecule has 15 heavy (non-hydrogen) atoms. The van der Waals surface area contributed by atoms with Crippen molar-refractivity contribution in [2.75, 3.05) is 7.05 Å². The standard InChI is InChI=1S/C12H23N.C2H6/c1-10-5-8-12(6-3-4-7-12)9-11(10)13-2;1-2/h10-11,13H,3-9H2,1-2H3;1-2H3. The fraction of sp³-hybridized carbons (Fsp3) is 1.00. The average Bonchev–Trinajstić information content (AvgIpc) is 2.74. The van der Waals surface area contributed by atoms with Crippen LogP contribution < -0.4 is 5.32 Å². The number of hydrogen-bond donors (Lipinski definition) is 1. The molecular formula is C14H29N. The zero-order valence-electron chi connectivity index (χ0n) is 11.1. The van der Waals surface area contributed by atoms with Crippen LogP contribution in [0.1, 0.15) is 65.7 Å². The summed E-state index contributed by atoms with van der Waals surface area (Å²) in [7, 11) is 2.13. The topological polar surface area (TPSA) is 12.0 Å². The third-order valence-corrected chi connectivity index (χ3v) is 4.50. The van der Waals surface area contributed by atoms with Gasteiger partial charge in [-0.3, -0.25) is 0 Å². The molecule has 90 valence electrons. The molecule has 2 rings (SSSR count). The highest BCUT2D eigenvalue weighted by molar-refractivity contribution is 4.94. The third-order valence-electron chi connectivity index (χ3n) is 4.50. The van der Waals surface area contributed by atoms with Crippen LogP contribution in [-0.4, -0.2) is 13.1 Å². The molecule has 2 aliphatic rings. The molecule has 0 aromatic heterocycles. The highest BCUT2D eigenvalue weighted by atomic mass is 14.9.